The Labute approximate surface area is 575 Å². The minimum atomic E-state index is -4.96. The number of aliphatic hydroxyl groups is 1. The number of unbranched alkanes of at least 4 members (excludes halogenated alkanes) is 36. The Kier molecular flexibility index (Phi) is 63.1. The van der Waals surface area contributed by atoms with E-state index in [1.54, 1.807) is 0 Å². The Morgan fingerprint density at radius 1 is 0.298 bits per heavy atom. The summed E-state index contributed by atoms with van der Waals surface area (Å²) in [7, 11) is -9.91. The molecule has 0 radical (unpaired) electrons. The van der Waals surface area contributed by atoms with E-state index in [-0.39, 0.29) is 25.7 Å². The summed E-state index contributed by atoms with van der Waals surface area (Å²) >= 11 is 0. The van der Waals surface area contributed by atoms with E-state index in [9.17, 15) is 43.2 Å². The van der Waals surface area contributed by atoms with Crippen LogP contribution in [0.4, 0.5) is 0 Å². The maximum Gasteiger partial charge on any atom is 0.472 e. The van der Waals surface area contributed by atoms with Gasteiger partial charge in [0, 0.05) is 25.7 Å². The Hall–Kier alpha value is -1.94. The van der Waals surface area contributed by atoms with E-state index in [4.69, 9.17) is 37.0 Å². The predicted octanol–water partition coefficient (Wildman–Crippen LogP) is 21.7. The topological polar surface area (TPSA) is 237 Å². The highest BCUT2D eigenvalue weighted by Crippen LogP contribution is 2.45. The lowest BCUT2D eigenvalue weighted by molar-refractivity contribution is -0.161. The molecule has 94 heavy (non-hydrogen) atoms. The second-order valence-corrected chi connectivity index (χ2v) is 31.4. The van der Waals surface area contributed by atoms with Crippen molar-refractivity contribution >= 4 is 39.5 Å². The number of hydrogen-bond donors (Lipinski definition) is 3. The molecule has 3 N–H and O–H groups in total. The summed E-state index contributed by atoms with van der Waals surface area (Å²) in [5, 5.41) is 10.6. The van der Waals surface area contributed by atoms with Crippen LogP contribution in [0, 0.1) is 23.7 Å². The fraction of sp³-hybridized carbons (Fsp3) is 0.947. The van der Waals surface area contributed by atoms with Crippen molar-refractivity contribution in [3.05, 3.63) is 0 Å². The fourth-order valence-electron chi connectivity index (χ4n) is 11.3. The third-order valence-electron chi connectivity index (χ3n) is 18.0. The summed E-state index contributed by atoms with van der Waals surface area (Å²) in [5.74, 6) is 0.963. The summed E-state index contributed by atoms with van der Waals surface area (Å²) in [6, 6.07) is 0. The van der Waals surface area contributed by atoms with Gasteiger partial charge in [0.15, 0.2) is 12.2 Å². The van der Waals surface area contributed by atoms with Gasteiger partial charge in [0.05, 0.1) is 26.4 Å². The zero-order valence-electron chi connectivity index (χ0n) is 61.6. The first-order valence-electron chi connectivity index (χ1n) is 38.8. The lowest BCUT2D eigenvalue weighted by Gasteiger charge is -2.21. The highest BCUT2D eigenvalue weighted by Gasteiger charge is 2.30. The van der Waals surface area contributed by atoms with Crippen molar-refractivity contribution in [3.63, 3.8) is 0 Å². The van der Waals surface area contributed by atoms with Crippen LogP contribution in [0.3, 0.4) is 0 Å². The zero-order chi connectivity index (χ0) is 69.6. The highest BCUT2D eigenvalue weighted by atomic mass is 31.2. The molecule has 0 rings (SSSR count). The van der Waals surface area contributed by atoms with Gasteiger partial charge in [-0.05, 0) is 49.4 Å². The molecule has 7 atom stereocenters. The van der Waals surface area contributed by atoms with Gasteiger partial charge in [0.2, 0.25) is 0 Å². The molecule has 0 fully saturated rings. The second-order valence-electron chi connectivity index (χ2n) is 28.5. The van der Waals surface area contributed by atoms with Crippen LogP contribution in [-0.4, -0.2) is 96.7 Å². The number of hydrogen-bond acceptors (Lipinski definition) is 15. The van der Waals surface area contributed by atoms with Crippen LogP contribution in [0.5, 0.6) is 0 Å². The summed E-state index contributed by atoms with van der Waals surface area (Å²) in [5.41, 5.74) is 0. The van der Waals surface area contributed by atoms with Crippen LogP contribution < -0.4 is 0 Å². The van der Waals surface area contributed by atoms with Crippen molar-refractivity contribution < 1.29 is 80.2 Å². The zero-order valence-corrected chi connectivity index (χ0v) is 63.4. The molecule has 19 heteroatoms. The van der Waals surface area contributed by atoms with E-state index in [2.05, 4.69) is 55.4 Å². The molecule has 4 unspecified atom stereocenters. The van der Waals surface area contributed by atoms with E-state index in [1.807, 2.05) is 0 Å². The molecule has 558 valence electrons. The number of esters is 4. The summed E-state index contributed by atoms with van der Waals surface area (Å²) in [6.45, 7) is 14.2. The lowest BCUT2D eigenvalue weighted by Crippen LogP contribution is -2.30. The third-order valence-corrected chi connectivity index (χ3v) is 19.9. The monoisotopic (exact) mass is 1380 g/mol. The molecule has 17 nitrogen and oxygen atoms in total. The number of phosphoric acid groups is 2. The maximum absolute atomic E-state index is 13.1. The quantitative estimate of drug-likeness (QED) is 0.0222. The predicted molar refractivity (Wildman–Crippen MR) is 381 cm³/mol. The Bertz CT molecular complexity index is 1850. The van der Waals surface area contributed by atoms with Crippen molar-refractivity contribution in [1.82, 2.24) is 0 Å². The van der Waals surface area contributed by atoms with Gasteiger partial charge in [-0.3, -0.25) is 37.3 Å². The molecule has 0 aromatic heterocycles. The molecule has 0 heterocycles. The summed E-state index contributed by atoms with van der Waals surface area (Å²) in [6.07, 6.45) is 48.5. The van der Waals surface area contributed by atoms with Crippen LogP contribution in [0.15, 0.2) is 0 Å². The number of carbonyl (C=O) groups excluding carboxylic acids is 4. The van der Waals surface area contributed by atoms with Crippen molar-refractivity contribution in [2.24, 2.45) is 23.7 Å². The van der Waals surface area contributed by atoms with E-state index < -0.39 is 97.5 Å². The van der Waals surface area contributed by atoms with Crippen LogP contribution in [0.1, 0.15) is 376 Å². The minimum Gasteiger partial charge on any atom is -0.462 e. The van der Waals surface area contributed by atoms with Crippen LogP contribution >= 0.6 is 15.6 Å². The van der Waals surface area contributed by atoms with Gasteiger partial charge in [0.1, 0.15) is 19.3 Å². The summed E-state index contributed by atoms with van der Waals surface area (Å²) < 4.78 is 68.5. The molecule has 0 saturated carbocycles. The Balaban J connectivity index is 5.24. The number of rotatable bonds is 72. The van der Waals surface area contributed by atoms with Gasteiger partial charge in [-0.25, -0.2) is 9.13 Å². The number of carbonyl (C=O) groups is 4. The highest BCUT2D eigenvalue weighted by molar-refractivity contribution is 7.47. The van der Waals surface area contributed by atoms with Crippen LogP contribution in [0.25, 0.3) is 0 Å². The molecule has 0 aliphatic heterocycles. The molecule has 0 aliphatic carbocycles. The van der Waals surface area contributed by atoms with Gasteiger partial charge in [-0.15, -0.1) is 0 Å². The Morgan fingerprint density at radius 2 is 0.511 bits per heavy atom. The van der Waals surface area contributed by atoms with Gasteiger partial charge >= 0.3 is 39.5 Å². The smallest absolute Gasteiger partial charge is 0.462 e. The molecule has 0 aromatic rings. The molecule has 0 saturated heterocycles. The van der Waals surface area contributed by atoms with Crippen LogP contribution in [0.2, 0.25) is 0 Å². The molecule has 0 bridgehead atoms. The molecule has 0 aliphatic rings. The number of aliphatic hydroxyl groups excluding tert-OH is 1. The first-order chi connectivity index (χ1) is 45.2. The number of phosphoric ester groups is 2. The molecule has 0 amide bonds. The van der Waals surface area contributed by atoms with Crippen molar-refractivity contribution in [2.45, 2.75) is 395 Å². The molecule has 0 spiro atoms. The van der Waals surface area contributed by atoms with E-state index in [0.29, 0.717) is 25.7 Å². The average molecular weight is 1380 g/mol. The molecule has 0 aromatic carbocycles. The second kappa shape index (κ2) is 64.4. The SMILES string of the molecule is CCC(C)CCCCCCCCCCCCCCCCC(=O)O[C@H](COC(=O)CCCCCCCCC(C)CC)COP(=O)(O)OC[C@H](O)COP(=O)(O)OC[C@@H](COC(=O)CCCCCCCCCCCC(C)C)OC(=O)CCCCCCCCCCCCCC(C)C. The maximum atomic E-state index is 13.1. The first-order valence-corrected chi connectivity index (χ1v) is 41.8. The standard InChI is InChI=1S/C75H146O17P2/c1-9-67(7)53-45-37-29-23-17-13-11-12-14-18-24-31-41-49-57-74(79)92-71(62-86-73(78)56-48-40-34-33-38-46-54-68(8)10-2)64-90-94(83,84)88-60-69(76)59-87-93(81,82)89-63-70(61-85-72(77)55-47-39-30-26-20-22-28-36-44-52-66(5)6)91-75(80)58-50-42-32-25-19-15-16-21-27-35-43-51-65(3)4/h65-71,76H,9-64H2,1-8H3,(H,81,82)(H,83,84)/t67?,68?,69-,70-,71-/m1/s1. The Morgan fingerprint density at radius 3 is 0.755 bits per heavy atom. The largest absolute Gasteiger partial charge is 0.472 e. The third kappa shape index (κ3) is 66.0. The first kappa shape index (κ1) is 92.1. The van der Waals surface area contributed by atoms with Gasteiger partial charge < -0.3 is 33.8 Å². The van der Waals surface area contributed by atoms with Gasteiger partial charge in [0.25, 0.3) is 0 Å². The van der Waals surface area contributed by atoms with Crippen molar-refractivity contribution in [2.75, 3.05) is 39.6 Å². The normalized spacial score (nSPS) is 14.7. The number of ether oxygens (including phenoxy) is 4. The van der Waals surface area contributed by atoms with Gasteiger partial charge in [-0.2, -0.15) is 0 Å². The minimum absolute atomic E-state index is 0.106. The van der Waals surface area contributed by atoms with Crippen LogP contribution in [-0.2, 0) is 65.4 Å². The lowest BCUT2D eigenvalue weighted by atomic mass is 9.99. The fourth-order valence-corrected chi connectivity index (χ4v) is 12.9. The summed E-state index contributed by atoms with van der Waals surface area (Å²) in [4.78, 5) is 72.8. The van der Waals surface area contributed by atoms with Crippen molar-refractivity contribution in [3.8, 4) is 0 Å². The van der Waals surface area contributed by atoms with E-state index >= 15 is 0 Å². The van der Waals surface area contributed by atoms with E-state index in [1.165, 1.54) is 173 Å². The van der Waals surface area contributed by atoms with Gasteiger partial charge in [-0.1, -0.05) is 325 Å². The van der Waals surface area contributed by atoms with Crippen molar-refractivity contribution in [1.29, 1.82) is 0 Å². The molecular formula is C75H146O17P2. The average Bonchev–Trinajstić information content (AvgIpc) is 2.26. The molecular weight excluding hydrogens is 1230 g/mol. The van der Waals surface area contributed by atoms with E-state index in [0.717, 1.165) is 120 Å².